The van der Waals surface area contributed by atoms with Crippen LogP contribution in [-0.2, 0) is 0 Å². The van der Waals surface area contributed by atoms with Crippen LogP contribution in [-0.4, -0.2) is 49.1 Å². The standard InChI is InChI=1S/C17H36N2S/c1-15(2)18-13-17(10-7-6-8-11-17)14-19(4)16(3)9-12-20-5/h15-16,18H,6-14H2,1-5H3. The van der Waals surface area contributed by atoms with Gasteiger partial charge in [0.1, 0.15) is 0 Å². The quantitative estimate of drug-likeness (QED) is 0.692. The molecule has 1 atom stereocenters. The average molecular weight is 301 g/mol. The van der Waals surface area contributed by atoms with Crippen molar-refractivity contribution in [2.75, 3.05) is 32.1 Å². The highest BCUT2D eigenvalue weighted by Crippen LogP contribution is 2.37. The molecule has 1 fully saturated rings. The fourth-order valence-electron chi connectivity index (χ4n) is 3.31. The molecule has 1 aliphatic carbocycles. The lowest BCUT2D eigenvalue weighted by Gasteiger charge is -2.42. The zero-order valence-corrected chi connectivity index (χ0v) is 15.2. The summed E-state index contributed by atoms with van der Waals surface area (Å²) in [7, 11) is 2.33. The van der Waals surface area contributed by atoms with Gasteiger partial charge in [0, 0.05) is 25.2 Å². The summed E-state index contributed by atoms with van der Waals surface area (Å²) in [5.74, 6) is 1.28. The van der Waals surface area contributed by atoms with Gasteiger partial charge in [0.05, 0.1) is 0 Å². The maximum Gasteiger partial charge on any atom is 0.00719 e. The average Bonchev–Trinajstić information content (AvgIpc) is 2.43. The zero-order valence-electron chi connectivity index (χ0n) is 14.4. The Kier molecular flexibility index (Phi) is 8.54. The number of rotatable bonds is 9. The predicted octanol–water partition coefficient (Wildman–Crippen LogP) is 4.01. The number of nitrogens with zero attached hydrogens (tertiary/aromatic N) is 1. The van der Waals surface area contributed by atoms with Crippen LogP contribution in [0.1, 0.15) is 59.3 Å². The molecular formula is C17H36N2S. The second kappa shape index (κ2) is 9.32. The van der Waals surface area contributed by atoms with Gasteiger partial charge in [-0.05, 0) is 50.7 Å². The van der Waals surface area contributed by atoms with Crippen LogP contribution in [0.2, 0.25) is 0 Å². The molecule has 0 aromatic rings. The summed E-state index contributed by atoms with van der Waals surface area (Å²) in [5.41, 5.74) is 0.519. The number of hydrogen-bond acceptors (Lipinski definition) is 3. The van der Waals surface area contributed by atoms with Crippen LogP contribution in [0, 0.1) is 5.41 Å². The Balaban J connectivity index is 2.54. The molecule has 1 rings (SSSR count). The first kappa shape index (κ1) is 18.3. The largest absolute Gasteiger partial charge is 0.314 e. The van der Waals surface area contributed by atoms with Crippen LogP contribution in [0.4, 0.5) is 0 Å². The van der Waals surface area contributed by atoms with Crippen LogP contribution >= 0.6 is 11.8 Å². The lowest BCUT2D eigenvalue weighted by molar-refractivity contribution is 0.0942. The Morgan fingerprint density at radius 3 is 2.35 bits per heavy atom. The lowest BCUT2D eigenvalue weighted by Crippen LogP contribution is -2.47. The Bertz CT molecular complexity index is 249. The molecule has 0 amide bonds. The van der Waals surface area contributed by atoms with Gasteiger partial charge in [0.2, 0.25) is 0 Å². The third-order valence-corrected chi connectivity index (χ3v) is 5.52. The minimum Gasteiger partial charge on any atom is -0.314 e. The predicted molar refractivity (Wildman–Crippen MR) is 93.7 cm³/mol. The molecule has 1 unspecified atom stereocenters. The van der Waals surface area contributed by atoms with E-state index in [0.717, 1.165) is 0 Å². The van der Waals surface area contributed by atoms with E-state index in [4.69, 9.17) is 0 Å². The fraction of sp³-hybridized carbons (Fsp3) is 1.00. The molecule has 0 aromatic carbocycles. The Morgan fingerprint density at radius 1 is 1.15 bits per heavy atom. The molecule has 0 heterocycles. The van der Waals surface area contributed by atoms with Crippen molar-refractivity contribution in [2.45, 2.75) is 71.4 Å². The van der Waals surface area contributed by atoms with Crippen molar-refractivity contribution in [1.29, 1.82) is 0 Å². The van der Waals surface area contributed by atoms with E-state index in [1.165, 1.54) is 57.4 Å². The van der Waals surface area contributed by atoms with Crippen molar-refractivity contribution in [3.05, 3.63) is 0 Å². The molecule has 1 N–H and O–H groups in total. The summed E-state index contributed by atoms with van der Waals surface area (Å²) in [6.07, 6.45) is 10.6. The first-order chi connectivity index (χ1) is 9.49. The normalized spacial score (nSPS) is 20.6. The fourth-order valence-corrected chi connectivity index (χ4v) is 3.88. The Hall–Kier alpha value is 0.270. The van der Waals surface area contributed by atoms with E-state index >= 15 is 0 Å². The van der Waals surface area contributed by atoms with Gasteiger partial charge in [0.15, 0.2) is 0 Å². The van der Waals surface area contributed by atoms with Crippen LogP contribution < -0.4 is 5.32 Å². The van der Waals surface area contributed by atoms with Crippen molar-refractivity contribution in [1.82, 2.24) is 10.2 Å². The maximum absolute atomic E-state index is 3.71. The molecule has 0 bridgehead atoms. The van der Waals surface area contributed by atoms with Crippen LogP contribution in [0.25, 0.3) is 0 Å². The highest BCUT2D eigenvalue weighted by molar-refractivity contribution is 7.98. The minimum atomic E-state index is 0.519. The van der Waals surface area contributed by atoms with Crippen molar-refractivity contribution in [3.63, 3.8) is 0 Å². The van der Waals surface area contributed by atoms with Gasteiger partial charge in [-0.25, -0.2) is 0 Å². The highest BCUT2D eigenvalue weighted by Gasteiger charge is 2.33. The second-order valence-electron chi connectivity index (χ2n) is 7.14. The molecule has 20 heavy (non-hydrogen) atoms. The van der Waals surface area contributed by atoms with E-state index in [1.54, 1.807) is 0 Å². The first-order valence-corrected chi connectivity index (χ1v) is 9.81. The lowest BCUT2D eigenvalue weighted by atomic mass is 9.73. The van der Waals surface area contributed by atoms with Gasteiger partial charge in [-0.15, -0.1) is 0 Å². The monoisotopic (exact) mass is 300 g/mol. The summed E-state index contributed by atoms with van der Waals surface area (Å²) in [5, 5.41) is 3.71. The summed E-state index contributed by atoms with van der Waals surface area (Å²) in [4.78, 5) is 2.61. The Morgan fingerprint density at radius 2 is 1.80 bits per heavy atom. The van der Waals surface area contributed by atoms with E-state index < -0.39 is 0 Å². The van der Waals surface area contributed by atoms with E-state index in [-0.39, 0.29) is 0 Å². The smallest absolute Gasteiger partial charge is 0.00719 e. The summed E-state index contributed by atoms with van der Waals surface area (Å²) in [6, 6.07) is 1.31. The van der Waals surface area contributed by atoms with Crippen LogP contribution in [0.15, 0.2) is 0 Å². The first-order valence-electron chi connectivity index (χ1n) is 8.42. The third-order valence-electron chi connectivity index (χ3n) is 4.88. The molecule has 120 valence electrons. The molecule has 0 radical (unpaired) electrons. The van der Waals surface area contributed by atoms with Gasteiger partial charge in [-0.3, -0.25) is 0 Å². The summed E-state index contributed by atoms with van der Waals surface area (Å²) < 4.78 is 0. The van der Waals surface area contributed by atoms with Crippen molar-refractivity contribution < 1.29 is 0 Å². The molecule has 1 saturated carbocycles. The topological polar surface area (TPSA) is 15.3 Å². The van der Waals surface area contributed by atoms with Gasteiger partial charge in [0.25, 0.3) is 0 Å². The molecular weight excluding hydrogens is 264 g/mol. The van der Waals surface area contributed by atoms with E-state index in [2.05, 4.69) is 44.3 Å². The summed E-state index contributed by atoms with van der Waals surface area (Å²) >= 11 is 1.97. The van der Waals surface area contributed by atoms with Crippen LogP contribution in [0.3, 0.4) is 0 Å². The molecule has 1 aliphatic rings. The number of nitrogens with one attached hydrogen (secondary N) is 1. The van der Waals surface area contributed by atoms with Crippen molar-refractivity contribution in [3.8, 4) is 0 Å². The molecule has 0 saturated heterocycles. The van der Waals surface area contributed by atoms with Gasteiger partial charge >= 0.3 is 0 Å². The second-order valence-corrected chi connectivity index (χ2v) is 8.13. The van der Waals surface area contributed by atoms with Crippen molar-refractivity contribution in [2.24, 2.45) is 5.41 Å². The molecule has 0 aromatic heterocycles. The molecule has 0 aliphatic heterocycles. The summed E-state index contributed by atoms with van der Waals surface area (Å²) in [6.45, 7) is 9.39. The van der Waals surface area contributed by atoms with Crippen molar-refractivity contribution >= 4 is 11.8 Å². The van der Waals surface area contributed by atoms with Gasteiger partial charge in [-0.1, -0.05) is 33.1 Å². The highest BCUT2D eigenvalue weighted by atomic mass is 32.2. The van der Waals surface area contributed by atoms with E-state index in [1.807, 2.05) is 11.8 Å². The van der Waals surface area contributed by atoms with Gasteiger partial charge < -0.3 is 10.2 Å². The minimum absolute atomic E-state index is 0.519. The molecule has 2 nitrogen and oxygen atoms in total. The number of thioether (sulfide) groups is 1. The SMILES string of the molecule is CSCCC(C)N(C)CC1(CNC(C)C)CCCCC1. The van der Waals surface area contributed by atoms with Crippen LogP contribution in [0.5, 0.6) is 0 Å². The van der Waals surface area contributed by atoms with Gasteiger partial charge in [-0.2, -0.15) is 11.8 Å². The zero-order chi connectivity index (χ0) is 15.0. The molecule has 0 spiro atoms. The third kappa shape index (κ3) is 6.36. The van der Waals surface area contributed by atoms with E-state index in [0.29, 0.717) is 17.5 Å². The van der Waals surface area contributed by atoms with E-state index in [9.17, 15) is 0 Å². The maximum atomic E-state index is 3.71. The number of hydrogen-bond donors (Lipinski definition) is 1. The Labute approximate surface area is 131 Å². The molecule has 3 heteroatoms.